The summed E-state index contributed by atoms with van der Waals surface area (Å²) in [6.45, 7) is 7.27. The first-order valence-electron chi connectivity index (χ1n) is 8.79. The molecule has 0 aliphatic rings. The zero-order valence-corrected chi connectivity index (χ0v) is 15.1. The predicted molar refractivity (Wildman–Crippen MR) is 102 cm³/mol. The van der Waals surface area contributed by atoms with Crippen molar-refractivity contribution in [2.75, 3.05) is 6.54 Å². The van der Waals surface area contributed by atoms with E-state index in [1.165, 1.54) is 11.1 Å². The Balaban J connectivity index is 1.90. The molecule has 0 aliphatic carbocycles. The van der Waals surface area contributed by atoms with Crippen LogP contribution in [0.2, 0.25) is 0 Å². The second-order valence-electron chi connectivity index (χ2n) is 6.97. The molecule has 1 heterocycles. The maximum absolute atomic E-state index is 12.4. The molecule has 0 bridgehead atoms. The van der Waals surface area contributed by atoms with Gasteiger partial charge in [-0.3, -0.25) is 4.79 Å². The van der Waals surface area contributed by atoms with E-state index in [4.69, 9.17) is 4.98 Å². The van der Waals surface area contributed by atoms with Gasteiger partial charge in [0.05, 0.1) is 11.0 Å². The average molecular weight is 335 g/mol. The molecule has 130 valence electrons. The molecule has 0 aliphatic heterocycles. The normalized spacial score (nSPS) is 11.2. The van der Waals surface area contributed by atoms with Gasteiger partial charge in [0, 0.05) is 13.0 Å². The van der Waals surface area contributed by atoms with Crippen molar-refractivity contribution in [3.05, 3.63) is 65.5 Å². The zero-order valence-electron chi connectivity index (χ0n) is 15.1. The van der Waals surface area contributed by atoms with Crippen molar-refractivity contribution in [3.63, 3.8) is 0 Å². The number of nitrogens with one attached hydrogen (secondary N) is 1. The van der Waals surface area contributed by atoms with Crippen LogP contribution in [-0.2, 0) is 17.8 Å². The van der Waals surface area contributed by atoms with Crippen LogP contribution in [0.4, 0.5) is 0 Å². The number of hydrogen-bond donors (Lipinski definition) is 1. The lowest BCUT2D eigenvalue weighted by Crippen LogP contribution is -2.31. The van der Waals surface area contributed by atoms with Gasteiger partial charge in [-0.05, 0) is 30.5 Å². The SMILES string of the molecule is Cc1cccc(Cc2nc3ccccc3n2CC(=O)NCC(C)C)c1. The number of imidazole rings is 1. The smallest absolute Gasteiger partial charge is 0.240 e. The maximum Gasteiger partial charge on any atom is 0.240 e. The Morgan fingerprint density at radius 1 is 1.16 bits per heavy atom. The number of carbonyl (C=O) groups excluding carboxylic acids is 1. The maximum atomic E-state index is 12.4. The Morgan fingerprint density at radius 2 is 1.96 bits per heavy atom. The number of carbonyl (C=O) groups is 1. The molecule has 0 saturated carbocycles. The fourth-order valence-electron chi connectivity index (χ4n) is 2.96. The van der Waals surface area contributed by atoms with Crippen LogP contribution in [0, 0.1) is 12.8 Å². The van der Waals surface area contributed by atoms with E-state index in [0.29, 0.717) is 25.4 Å². The summed E-state index contributed by atoms with van der Waals surface area (Å²) in [6.07, 6.45) is 0.716. The van der Waals surface area contributed by atoms with Gasteiger partial charge in [-0.15, -0.1) is 0 Å². The summed E-state index contributed by atoms with van der Waals surface area (Å²) in [4.78, 5) is 17.1. The summed E-state index contributed by atoms with van der Waals surface area (Å²) >= 11 is 0. The molecule has 1 amide bonds. The summed E-state index contributed by atoms with van der Waals surface area (Å²) < 4.78 is 2.04. The molecule has 2 aromatic carbocycles. The third kappa shape index (κ3) is 4.27. The van der Waals surface area contributed by atoms with Gasteiger partial charge in [-0.1, -0.05) is 55.8 Å². The average Bonchev–Trinajstić information content (AvgIpc) is 2.90. The summed E-state index contributed by atoms with van der Waals surface area (Å²) in [5, 5.41) is 3.00. The highest BCUT2D eigenvalue weighted by atomic mass is 16.1. The lowest BCUT2D eigenvalue weighted by atomic mass is 10.1. The molecule has 4 heteroatoms. The van der Waals surface area contributed by atoms with Crippen LogP contribution >= 0.6 is 0 Å². The molecule has 1 aromatic heterocycles. The quantitative estimate of drug-likeness (QED) is 0.746. The van der Waals surface area contributed by atoms with Gasteiger partial charge in [-0.25, -0.2) is 4.98 Å². The minimum absolute atomic E-state index is 0.0299. The molecule has 0 radical (unpaired) electrons. The van der Waals surface area contributed by atoms with Crippen LogP contribution in [0.3, 0.4) is 0 Å². The van der Waals surface area contributed by atoms with Crippen LogP contribution in [0.5, 0.6) is 0 Å². The van der Waals surface area contributed by atoms with Crippen molar-refractivity contribution in [1.29, 1.82) is 0 Å². The highest BCUT2D eigenvalue weighted by molar-refractivity contribution is 5.81. The van der Waals surface area contributed by atoms with E-state index < -0.39 is 0 Å². The summed E-state index contributed by atoms with van der Waals surface area (Å²) in [6, 6.07) is 16.4. The number of aromatic nitrogens is 2. The predicted octanol–water partition coefficient (Wildman–Crippen LogP) is 3.71. The van der Waals surface area contributed by atoms with Gasteiger partial charge in [0.25, 0.3) is 0 Å². The second-order valence-corrected chi connectivity index (χ2v) is 6.97. The standard InChI is InChI=1S/C21H25N3O/c1-15(2)13-22-21(25)14-24-19-10-5-4-9-18(19)23-20(24)12-17-8-6-7-16(3)11-17/h4-11,15H,12-14H2,1-3H3,(H,22,25). The van der Waals surface area contributed by atoms with E-state index in [1.807, 2.05) is 28.8 Å². The lowest BCUT2D eigenvalue weighted by Gasteiger charge is -2.11. The van der Waals surface area contributed by atoms with E-state index in [1.54, 1.807) is 0 Å². The molecule has 0 fully saturated rings. The van der Waals surface area contributed by atoms with Gasteiger partial charge in [0.2, 0.25) is 5.91 Å². The number of aryl methyl sites for hydroxylation is 1. The Hall–Kier alpha value is -2.62. The van der Waals surface area contributed by atoms with Crippen LogP contribution in [0.1, 0.15) is 30.8 Å². The van der Waals surface area contributed by atoms with Crippen molar-refractivity contribution < 1.29 is 4.79 Å². The molecular formula is C21H25N3O. The Kier molecular flexibility index (Phi) is 5.17. The first kappa shape index (κ1) is 17.2. The van der Waals surface area contributed by atoms with Crippen molar-refractivity contribution in [2.45, 2.75) is 33.7 Å². The summed E-state index contributed by atoms with van der Waals surface area (Å²) in [5.74, 6) is 1.39. The van der Waals surface area contributed by atoms with Gasteiger partial charge < -0.3 is 9.88 Å². The van der Waals surface area contributed by atoms with Gasteiger partial charge in [0.1, 0.15) is 12.4 Å². The molecule has 4 nitrogen and oxygen atoms in total. The molecule has 0 unspecified atom stereocenters. The van der Waals surface area contributed by atoms with Crippen LogP contribution in [-0.4, -0.2) is 22.0 Å². The topological polar surface area (TPSA) is 46.9 Å². The van der Waals surface area contributed by atoms with Crippen molar-refractivity contribution in [2.24, 2.45) is 5.92 Å². The number of para-hydroxylation sites is 2. The largest absolute Gasteiger partial charge is 0.354 e. The fourth-order valence-corrected chi connectivity index (χ4v) is 2.96. The Labute approximate surface area is 148 Å². The molecule has 0 atom stereocenters. The summed E-state index contributed by atoms with van der Waals surface area (Å²) in [5.41, 5.74) is 4.38. The van der Waals surface area contributed by atoms with E-state index >= 15 is 0 Å². The van der Waals surface area contributed by atoms with Crippen molar-refractivity contribution in [3.8, 4) is 0 Å². The van der Waals surface area contributed by atoms with E-state index in [2.05, 4.69) is 50.4 Å². The minimum Gasteiger partial charge on any atom is -0.354 e. The third-order valence-corrected chi connectivity index (χ3v) is 4.19. The second kappa shape index (κ2) is 7.51. The van der Waals surface area contributed by atoms with E-state index in [9.17, 15) is 4.79 Å². The van der Waals surface area contributed by atoms with Crippen molar-refractivity contribution >= 4 is 16.9 Å². The molecular weight excluding hydrogens is 310 g/mol. The molecule has 0 spiro atoms. The van der Waals surface area contributed by atoms with Gasteiger partial charge in [-0.2, -0.15) is 0 Å². The molecule has 25 heavy (non-hydrogen) atoms. The molecule has 1 N–H and O–H groups in total. The number of nitrogens with zero attached hydrogens (tertiary/aromatic N) is 2. The minimum atomic E-state index is 0.0299. The van der Waals surface area contributed by atoms with Crippen LogP contribution in [0.15, 0.2) is 48.5 Å². The molecule has 3 rings (SSSR count). The van der Waals surface area contributed by atoms with Crippen molar-refractivity contribution in [1.82, 2.24) is 14.9 Å². The van der Waals surface area contributed by atoms with Crippen LogP contribution < -0.4 is 5.32 Å². The summed E-state index contributed by atoms with van der Waals surface area (Å²) in [7, 11) is 0. The zero-order chi connectivity index (χ0) is 17.8. The first-order valence-corrected chi connectivity index (χ1v) is 8.79. The first-order chi connectivity index (χ1) is 12.0. The number of rotatable bonds is 6. The van der Waals surface area contributed by atoms with E-state index in [0.717, 1.165) is 16.9 Å². The highest BCUT2D eigenvalue weighted by Gasteiger charge is 2.14. The fraction of sp³-hybridized carbons (Fsp3) is 0.333. The Morgan fingerprint density at radius 3 is 2.72 bits per heavy atom. The third-order valence-electron chi connectivity index (χ3n) is 4.19. The highest BCUT2D eigenvalue weighted by Crippen LogP contribution is 2.19. The van der Waals surface area contributed by atoms with Gasteiger partial charge >= 0.3 is 0 Å². The van der Waals surface area contributed by atoms with E-state index in [-0.39, 0.29) is 5.91 Å². The lowest BCUT2D eigenvalue weighted by molar-refractivity contribution is -0.121. The number of benzene rings is 2. The molecule has 0 saturated heterocycles. The number of amides is 1. The van der Waals surface area contributed by atoms with Crippen LogP contribution in [0.25, 0.3) is 11.0 Å². The number of fused-ring (bicyclic) bond motifs is 1. The Bertz CT molecular complexity index is 880. The van der Waals surface area contributed by atoms with Gasteiger partial charge in [0.15, 0.2) is 0 Å². The number of hydrogen-bond acceptors (Lipinski definition) is 2. The molecule has 3 aromatic rings. The monoisotopic (exact) mass is 335 g/mol.